The Bertz CT molecular complexity index is 605. The van der Waals surface area contributed by atoms with Crippen LogP contribution in [0.25, 0.3) is 5.52 Å². The van der Waals surface area contributed by atoms with Gasteiger partial charge in [0.2, 0.25) is 0 Å². The summed E-state index contributed by atoms with van der Waals surface area (Å²) in [5, 5.41) is 4.66. The molecule has 5 heteroatoms. The van der Waals surface area contributed by atoms with Gasteiger partial charge in [0.15, 0.2) is 5.82 Å². The first-order valence-electron chi connectivity index (χ1n) is 7.87. The molecule has 0 amide bonds. The fraction of sp³-hybridized carbons (Fsp3) is 0.625. The summed E-state index contributed by atoms with van der Waals surface area (Å²) in [7, 11) is 0. The summed E-state index contributed by atoms with van der Waals surface area (Å²) in [5.41, 5.74) is 2.23. The zero-order chi connectivity index (χ0) is 14.8. The minimum atomic E-state index is 0.428. The number of fused-ring (bicyclic) bond motifs is 1. The highest BCUT2D eigenvalue weighted by molar-refractivity contribution is 6.17. The van der Waals surface area contributed by atoms with E-state index in [-0.39, 0.29) is 0 Å². The normalized spacial score (nSPS) is 19.6. The second-order valence-electron chi connectivity index (χ2n) is 6.13. The van der Waals surface area contributed by atoms with Crippen LogP contribution in [0.3, 0.4) is 0 Å². The molecule has 1 atom stereocenters. The van der Waals surface area contributed by atoms with Crippen molar-refractivity contribution in [2.75, 3.05) is 17.3 Å². The van der Waals surface area contributed by atoms with Gasteiger partial charge in [-0.2, -0.15) is 5.10 Å². The lowest BCUT2D eigenvalue weighted by Crippen LogP contribution is -2.40. The van der Waals surface area contributed by atoms with Crippen LogP contribution in [0.5, 0.6) is 0 Å². The van der Waals surface area contributed by atoms with E-state index in [4.69, 9.17) is 11.6 Å². The lowest BCUT2D eigenvalue weighted by molar-refractivity contribution is 0.448. The molecule has 1 fully saturated rings. The first-order chi connectivity index (χ1) is 10.2. The van der Waals surface area contributed by atoms with Crippen molar-refractivity contribution >= 4 is 22.9 Å². The molecule has 2 aromatic heterocycles. The third-order valence-corrected chi connectivity index (χ3v) is 4.54. The van der Waals surface area contributed by atoms with Crippen molar-refractivity contribution in [1.82, 2.24) is 14.6 Å². The van der Waals surface area contributed by atoms with Crippen LogP contribution >= 0.6 is 11.6 Å². The highest BCUT2D eigenvalue weighted by atomic mass is 35.5. The fourth-order valence-corrected chi connectivity index (χ4v) is 3.39. The van der Waals surface area contributed by atoms with Gasteiger partial charge in [0.1, 0.15) is 5.52 Å². The SMILES string of the molecule is CC(C)c1cc2c(N3CCCCC3CCCl)nccn2n1. The molecular weight excluding hydrogens is 284 g/mol. The highest BCUT2D eigenvalue weighted by Crippen LogP contribution is 2.29. The summed E-state index contributed by atoms with van der Waals surface area (Å²) in [6.45, 7) is 5.41. The Balaban J connectivity index is 2.01. The van der Waals surface area contributed by atoms with E-state index in [9.17, 15) is 0 Å². The first-order valence-corrected chi connectivity index (χ1v) is 8.41. The van der Waals surface area contributed by atoms with Crippen molar-refractivity contribution < 1.29 is 0 Å². The van der Waals surface area contributed by atoms with Crippen molar-refractivity contribution in [3.63, 3.8) is 0 Å². The Morgan fingerprint density at radius 1 is 1.38 bits per heavy atom. The lowest BCUT2D eigenvalue weighted by Gasteiger charge is -2.36. The Hall–Kier alpha value is -1.29. The smallest absolute Gasteiger partial charge is 0.154 e. The standard InChI is InChI=1S/C16H23ClN4/c1-12(2)14-11-15-16(18-8-10-21(15)19-14)20-9-4-3-5-13(20)6-7-17/h8,10-13H,3-7,9H2,1-2H3. The van der Waals surface area contributed by atoms with Crippen molar-refractivity contribution in [3.8, 4) is 0 Å². The fourth-order valence-electron chi connectivity index (χ4n) is 3.14. The van der Waals surface area contributed by atoms with Crippen LogP contribution in [-0.2, 0) is 0 Å². The van der Waals surface area contributed by atoms with E-state index < -0.39 is 0 Å². The highest BCUT2D eigenvalue weighted by Gasteiger charge is 2.25. The van der Waals surface area contributed by atoms with E-state index in [0.717, 1.165) is 30.0 Å². The maximum absolute atomic E-state index is 5.99. The van der Waals surface area contributed by atoms with E-state index in [1.807, 2.05) is 16.9 Å². The zero-order valence-electron chi connectivity index (χ0n) is 12.8. The number of rotatable bonds is 4. The van der Waals surface area contributed by atoms with Gasteiger partial charge >= 0.3 is 0 Å². The second-order valence-corrected chi connectivity index (χ2v) is 6.50. The molecule has 1 unspecified atom stereocenters. The van der Waals surface area contributed by atoms with Gasteiger partial charge in [-0.3, -0.25) is 0 Å². The summed E-state index contributed by atoms with van der Waals surface area (Å²) in [5.74, 6) is 2.20. The monoisotopic (exact) mass is 306 g/mol. The van der Waals surface area contributed by atoms with Gasteiger partial charge in [0, 0.05) is 30.9 Å². The molecule has 0 radical (unpaired) electrons. The van der Waals surface area contributed by atoms with Crippen LogP contribution in [0.2, 0.25) is 0 Å². The molecular formula is C16H23ClN4. The van der Waals surface area contributed by atoms with Crippen molar-refractivity contribution in [2.24, 2.45) is 0 Å². The molecule has 0 aromatic carbocycles. The summed E-state index contributed by atoms with van der Waals surface area (Å²) >= 11 is 5.99. The van der Waals surface area contributed by atoms with Crippen LogP contribution in [-0.4, -0.2) is 33.1 Å². The van der Waals surface area contributed by atoms with Crippen molar-refractivity contribution in [2.45, 2.75) is 51.5 Å². The minimum Gasteiger partial charge on any atom is -0.352 e. The quantitative estimate of drug-likeness (QED) is 0.805. The predicted octanol–water partition coefficient (Wildman–Crippen LogP) is 3.84. The molecule has 21 heavy (non-hydrogen) atoms. The molecule has 0 N–H and O–H groups in total. The number of hydrogen-bond acceptors (Lipinski definition) is 3. The van der Waals surface area contributed by atoms with Gasteiger partial charge in [-0.15, -0.1) is 11.6 Å². The number of halogens is 1. The van der Waals surface area contributed by atoms with Crippen LogP contribution in [0.15, 0.2) is 18.5 Å². The number of aromatic nitrogens is 3. The summed E-state index contributed by atoms with van der Waals surface area (Å²) < 4.78 is 1.96. The Kier molecular flexibility index (Phi) is 4.34. The molecule has 1 aliphatic rings. The minimum absolute atomic E-state index is 0.428. The van der Waals surface area contributed by atoms with Gasteiger partial charge in [0.25, 0.3) is 0 Å². The molecule has 0 saturated carbocycles. The van der Waals surface area contributed by atoms with Gasteiger partial charge in [0.05, 0.1) is 5.69 Å². The first kappa shape index (κ1) is 14.6. The molecule has 0 spiro atoms. The Morgan fingerprint density at radius 3 is 3.00 bits per heavy atom. The van der Waals surface area contributed by atoms with Crippen LogP contribution in [0.4, 0.5) is 5.82 Å². The molecule has 3 rings (SSSR count). The van der Waals surface area contributed by atoms with Crippen molar-refractivity contribution in [1.29, 1.82) is 0 Å². The molecule has 1 aliphatic heterocycles. The number of piperidine rings is 1. The number of hydrogen-bond donors (Lipinski definition) is 0. The summed E-state index contributed by atoms with van der Waals surface area (Å²) in [4.78, 5) is 7.10. The largest absolute Gasteiger partial charge is 0.352 e. The van der Waals surface area contributed by atoms with Crippen LogP contribution in [0.1, 0.15) is 51.1 Å². The number of nitrogens with zero attached hydrogens (tertiary/aromatic N) is 4. The van der Waals surface area contributed by atoms with Crippen molar-refractivity contribution in [3.05, 3.63) is 24.2 Å². The van der Waals surface area contributed by atoms with Gasteiger partial charge in [-0.05, 0) is 37.7 Å². The molecule has 2 aromatic rings. The molecule has 1 saturated heterocycles. The zero-order valence-corrected chi connectivity index (χ0v) is 13.6. The molecule has 0 bridgehead atoms. The van der Waals surface area contributed by atoms with E-state index in [2.05, 4.69) is 34.9 Å². The summed E-state index contributed by atoms with van der Waals surface area (Å²) in [6.07, 6.45) is 8.54. The third-order valence-electron chi connectivity index (χ3n) is 4.32. The van der Waals surface area contributed by atoms with Gasteiger partial charge in [-0.25, -0.2) is 9.50 Å². The lowest BCUT2D eigenvalue weighted by atomic mass is 10.00. The number of alkyl halides is 1. The van der Waals surface area contributed by atoms with Gasteiger partial charge in [-0.1, -0.05) is 13.8 Å². The van der Waals surface area contributed by atoms with E-state index in [1.54, 1.807) is 0 Å². The Morgan fingerprint density at radius 2 is 2.24 bits per heavy atom. The molecule has 114 valence electrons. The van der Waals surface area contributed by atoms with E-state index in [1.165, 1.54) is 19.3 Å². The van der Waals surface area contributed by atoms with E-state index >= 15 is 0 Å². The average molecular weight is 307 g/mol. The molecule has 4 nitrogen and oxygen atoms in total. The second kappa shape index (κ2) is 6.22. The third kappa shape index (κ3) is 2.86. The number of anilines is 1. The topological polar surface area (TPSA) is 33.4 Å². The predicted molar refractivity (Wildman–Crippen MR) is 87.4 cm³/mol. The maximum Gasteiger partial charge on any atom is 0.154 e. The van der Waals surface area contributed by atoms with Crippen LogP contribution in [0, 0.1) is 0 Å². The summed E-state index contributed by atoms with van der Waals surface area (Å²) in [6, 6.07) is 2.69. The molecule has 3 heterocycles. The molecule has 0 aliphatic carbocycles. The average Bonchev–Trinajstić information content (AvgIpc) is 2.92. The maximum atomic E-state index is 5.99. The van der Waals surface area contributed by atoms with Crippen LogP contribution < -0.4 is 4.90 Å². The Labute approximate surface area is 131 Å². The van der Waals surface area contributed by atoms with E-state index in [0.29, 0.717) is 17.8 Å². The van der Waals surface area contributed by atoms with Gasteiger partial charge < -0.3 is 4.90 Å².